The maximum Gasteiger partial charge on any atom is 0.174 e. The monoisotopic (exact) mass is 305 g/mol. The summed E-state index contributed by atoms with van der Waals surface area (Å²) < 4.78 is 64.4. The summed E-state index contributed by atoms with van der Waals surface area (Å²) >= 11 is 0. The third-order valence-electron chi connectivity index (χ3n) is 5.52. The third-order valence-corrected chi connectivity index (χ3v) is 5.52. The molecule has 0 N–H and O–H groups in total. The summed E-state index contributed by atoms with van der Waals surface area (Å²) in [7, 11) is 3.06. The summed E-state index contributed by atoms with van der Waals surface area (Å²) in [6.45, 7) is 0.402. The highest BCUT2D eigenvalue weighted by Gasteiger charge is 2.65. The first-order valence-electron chi connectivity index (χ1n) is 10.6. The number of carbonyl (C=O) groups excluding carboxylic acids is 1. The highest BCUT2D eigenvalue weighted by molar-refractivity contribution is 5.89. The molecule has 1 aromatic rings. The Morgan fingerprint density at radius 3 is 3.27 bits per heavy atom. The van der Waals surface area contributed by atoms with E-state index in [0.717, 1.165) is 0 Å². The number of piperidine rings is 1. The van der Waals surface area contributed by atoms with Crippen LogP contribution in [-0.2, 0) is 16.6 Å². The van der Waals surface area contributed by atoms with Crippen LogP contribution < -0.4 is 9.47 Å². The number of likely N-dealkylation sites (N-methyl/N-ethyl adjacent to an activating group) is 1. The Labute approximate surface area is 138 Å². The zero-order valence-corrected chi connectivity index (χ0v) is 12.6. The lowest BCUT2D eigenvalue weighted by atomic mass is 9.52. The molecule has 1 saturated carbocycles. The first-order chi connectivity index (χ1) is 13.0. The number of Topliss-reactive ketones (excluding diaryl/α,β-unsaturated/α-hetero) is 1. The van der Waals surface area contributed by atoms with Gasteiger partial charge in [0.15, 0.2) is 23.4 Å². The molecule has 2 aliphatic carbocycles. The first-order valence-corrected chi connectivity index (χ1v) is 7.63. The number of rotatable bonds is 1. The second kappa shape index (κ2) is 4.05. The summed E-state index contributed by atoms with van der Waals surface area (Å²) in [6, 6.07) is -1.61. The Hall–Kier alpha value is -1.55. The number of methoxy groups -OCH3 is 1. The van der Waals surface area contributed by atoms with Crippen molar-refractivity contribution in [2.45, 2.75) is 43.2 Å². The highest BCUT2D eigenvalue weighted by Crippen LogP contribution is 2.62. The Morgan fingerprint density at radius 2 is 2.45 bits per heavy atom. The van der Waals surface area contributed by atoms with E-state index in [1.165, 1.54) is 7.11 Å². The fraction of sp³-hybridized carbons (Fsp3) is 0.611. The predicted octanol–water partition coefficient (Wildman–Crippen LogP) is 1.93. The second-order valence-corrected chi connectivity index (χ2v) is 6.42. The average molecular weight is 305 g/mol. The van der Waals surface area contributed by atoms with Gasteiger partial charge in [0.05, 0.1) is 11.2 Å². The maximum atomic E-state index is 13.0. The summed E-state index contributed by atoms with van der Waals surface area (Å²) in [5.41, 5.74) is -1.19. The fourth-order valence-electron chi connectivity index (χ4n) is 4.54. The number of nitrogens with zero attached hydrogens (tertiary/aromatic N) is 1. The predicted molar refractivity (Wildman–Crippen MR) is 81.6 cm³/mol. The van der Waals surface area contributed by atoms with Gasteiger partial charge in [0.1, 0.15) is 0 Å². The molecule has 4 nitrogen and oxygen atoms in total. The smallest absolute Gasteiger partial charge is 0.174 e. The molecule has 2 heterocycles. The van der Waals surface area contributed by atoms with Crippen molar-refractivity contribution >= 4 is 5.78 Å². The van der Waals surface area contributed by atoms with Crippen LogP contribution in [-0.4, -0.2) is 43.5 Å². The number of likely N-dealkylation sites (tertiary alicyclic amines) is 1. The highest BCUT2D eigenvalue weighted by atomic mass is 16.5. The summed E-state index contributed by atoms with van der Waals surface area (Å²) in [6.07, 6.45) is -3.83. The molecule has 2 aliphatic heterocycles. The minimum absolute atomic E-state index is 0.00717. The van der Waals surface area contributed by atoms with Gasteiger partial charge in [0.25, 0.3) is 0 Å². The molecule has 4 aliphatic rings. The van der Waals surface area contributed by atoms with Crippen LogP contribution in [0.15, 0.2) is 12.1 Å². The number of ether oxygens (including phenoxy) is 2. The summed E-state index contributed by atoms with van der Waals surface area (Å²) in [5, 5.41) is 0. The molecule has 0 radical (unpaired) electrons. The van der Waals surface area contributed by atoms with Crippen molar-refractivity contribution in [2.24, 2.45) is 5.89 Å². The number of hydrogen-bond acceptors (Lipinski definition) is 4. The Bertz CT molecular complexity index is 954. The minimum Gasteiger partial charge on any atom is -0.493 e. The Kier molecular flexibility index (Phi) is 1.53. The van der Waals surface area contributed by atoms with Gasteiger partial charge in [0.2, 0.25) is 0 Å². The SMILES string of the molecule is [2H]c1c([2H])c2c3c(c1OC)OC1([2H])C(=O)CC[C@@]4([2H])[C@H](N(C)CC[C@]314)C2([2H])[2H]. The van der Waals surface area contributed by atoms with Crippen molar-refractivity contribution in [1.82, 2.24) is 4.90 Å². The van der Waals surface area contributed by atoms with E-state index >= 15 is 0 Å². The van der Waals surface area contributed by atoms with Crippen molar-refractivity contribution < 1.29 is 22.5 Å². The van der Waals surface area contributed by atoms with Crippen LogP contribution in [0.3, 0.4) is 0 Å². The third kappa shape index (κ3) is 1.27. The first kappa shape index (κ1) is 8.34. The lowest BCUT2D eigenvalue weighted by Crippen LogP contribution is -2.65. The zero-order chi connectivity index (χ0) is 20.4. The van der Waals surface area contributed by atoms with Crippen LogP contribution in [0.4, 0.5) is 0 Å². The van der Waals surface area contributed by atoms with E-state index in [4.69, 9.17) is 16.3 Å². The van der Waals surface area contributed by atoms with Gasteiger partial charge < -0.3 is 14.4 Å². The van der Waals surface area contributed by atoms with Crippen LogP contribution in [0.25, 0.3) is 0 Å². The van der Waals surface area contributed by atoms with Crippen LogP contribution in [0.1, 0.15) is 38.6 Å². The van der Waals surface area contributed by atoms with Crippen LogP contribution in [0.5, 0.6) is 11.5 Å². The quantitative estimate of drug-likeness (QED) is 0.795. The van der Waals surface area contributed by atoms with Crippen molar-refractivity contribution in [3.05, 3.63) is 23.2 Å². The molecule has 116 valence electrons. The molecule has 5 rings (SSSR count). The van der Waals surface area contributed by atoms with E-state index in [-0.39, 0.29) is 54.0 Å². The van der Waals surface area contributed by atoms with Crippen molar-refractivity contribution in [3.63, 3.8) is 0 Å². The molecule has 4 heteroatoms. The van der Waals surface area contributed by atoms with Crippen molar-refractivity contribution in [2.75, 3.05) is 20.7 Å². The van der Waals surface area contributed by atoms with E-state index in [1.807, 2.05) is 0 Å². The molecule has 1 aromatic carbocycles. The van der Waals surface area contributed by atoms with Crippen LogP contribution in [0.2, 0.25) is 0 Å². The molecule has 1 spiro atoms. The van der Waals surface area contributed by atoms with Gasteiger partial charge in [-0.1, -0.05) is 6.04 Å². The van der Waals surface area contributed by atoms with E-state index in [2.05, 4.69) is 0 Å². The van der Waals surface area contributed by atoms with Gasteiger partial charge in [0, 0.05) is 27.6 Å². The van der Waals surface area contributed by atoms with Crippen molar-refractivity contribution in [3.8, 4) is 11.5 Å². The van der Waals surface area contributed by atoms with Gasteiger partial charge in [-0.3, -0.25) is 4.79 Å². The molecule has 1 saturated heterocycles. The summed E-state index contributed by atoms with van der Waals surface area (Å²) in [4.78, 5) is 14.7. The van der Waals surface area contributed by atoms with E-state index in [0.29, 0.717) is 6.54 Å². The van der Waals surface area contributed by atoms with Gasteiger partial charge in [-0.2, -0.15) is 0 Å². The molecule has 22 heavy (non-hydrogen) atoms. The molecular formula is C18H21NO3. The topological polar surface area (TPSA) is 38.8 Å². The van der Waals surface area contributed by atoms with Gasteiger partial charge in [-0.05, 0) is 50.3 Å². The van der Waals surface area contributed by atoms with Gasteiger partial charge in [-0.15, -0.1) is 0 Å². The summed E-state index contributed by atoms with van der Waals surface area (Å²) in [5.74, 6) is -1.99. The zero-order valence-electron chi connectivity index (χ0n) is 18.6. The minimum atomic E-state index is -2.11. The largest absolute Gasteiger partial charge is 0.493 e. The van der Waals surface area contributed by atoms with Gasteiger partial charge in [-0.25, -0.2) is 0 Å². The van der Waals surface area contributed by atoms with E-state index in [9.17, 15) is 6.17 Å². The molecule has 0 aromatic heterocycles. The standard InChI is InChI=1S/C18H21NO3/c1-19-8-7-18-11-4-5-13(20)17(18)22-16-14(21-2)6-3-10(15(16)18)9-12(11)19/h3,6,11-12,17H,4-5,7-9H2,1-2H3/t11-,12+,17?,18-/m0/s1/i3D,6D,9D2,11D,17D. The van der Waals surface area contributed by atoms with Crippen LogP contribution in [0, 0.1) is 5.89 Å². The molecule has 1 unspecified atom stereocenters. The van der Waals surface area contributed by atoms with Gasteiger partial charge >= 0.3 is 0 Å². The molecule has 2 bridgehead atoms. The molecule has 4 atom stereocenters. The fourth-order valence-corrected chi connectivity index (χ4v) is 4.54. The second-order valence-electron chi connectivity index (χ2n) is 6.42. The number of ketones is 1. The van der Waals surface area contributed by atoms with Crippen LogP contribution >= 0.6 is 0 Å². The van der Waals surface area contributed by atoms with E-state index in [1.54, 1.807) is 11.9 Å². The normalized spacial score (nSPS) is 51.4. The Morgan fingerprint density at radius 1 is 1.59 bits per heavy atom. The Balaban J connectivity index is 2.02. The average Bonchev–Trinajstić information content (AvgIpc) is 2.87. The lowest BCUT2D eigenvalue weighted by Gasteiger charge is -2.57. The number of hydrogen-bond donors (Lipinski definition) is 0. The molecule has 2 fully saturated rings. The van der Waals surface area contributed by atoms with E-state index < -0.39 is 35.6 Å². The molecule has 0 amide bonds. The number of benzene rings is 1. The van der Waals surface area contributed by atoms with Crippen molar-refractivity contribution in [1.29, 1.82) is 0 Å². The molecular weight excluding hydrogens is 278 g/mol. The maximum absolute atomic E-state index is 13.0. The lowest BCUT2D eigenvalue weighted by molar-refractivity contribution is -0.138. The number of carbonyl (C=O) groups is 1.